The van der Waals surface area contributed by atoms with Gasteiger partial charge in [-0.25, -0.2) is 4.57 Å². The van der Waals surface area contributed by atoms with E-state index in [1.165, 1.54) is 56.0 Å². The standard InChI is InChI=1S/C33H31BN3/c1-24-14-11-12-21-30(24)37-33-32(25(2)22-23-35(33)3)36(4)34(37)31-28(26-15-7-5-8-16-26)19-13-20-29(31)27-17-9-6-10-18-27/h5-23H,1-4H3/q+1. The quantitative estimate of drug-likeness (QED) is 0.216. The predicted octanol–water partition coefficient (Wildman–Crippen LogP) is 6.45. The number of fused-ring (bicyclic) bond motifs is 1. The van der Waals surface area contributed by atoms with Crippen LogP contribution in [0.1, 0.15) is 11.1 Å². The highest BCUT2D eigenvalue weighted by Crippen LogP contribution is 2.43. The molecule has 1 aliphatic heterocycles. The lowest BCUT2D eigenvalue weighted by Gasteiger charge is -2.26. The summed E-state index contributed by atoms with van der Waals surface area (Å²) in [6.07, 6.45) is 2.18. The van der Waals surface area contributed by atoms with Gasteiger partial charge in [0.25, 0.3) is 5.82 Å². The molecule has 0 radical (unpaired) electrons. The van der Waals surface area contributed by atoms with E-state index in [0.29, 0.717) is 0 Å². The van der Waals surface area contributed by atoms with Gasteiger partial charge < -0.3 is 4.81 Å². The third-order valence-corrected chi connectivity index (χ3v) is 7.57. The molecule has 4 heteroatoms. The summed E-state index contributed by atoms with van der Waals surface area (Å²) in [6.45, 7) is 4.39. The molecule has 0 aliphatic carbocycles. The van der Waals surface area contributed by atoms with Crippen molar-refractivity contribution in [2.75, 3.05) is 16.7 Å². The topological polar surface area (TPSA) is 10.4 Å². The van der Waals surface area contributed by atoms with Crippen LogP contribution in [0.2, 0.25) is 0 Å². The zero-order chi connectivity index (χ0) is 25.5. The number of hydrogen-bond donors (Lipinski definition) is 0. The molecule has 0 amide bonds. The molecule has 3 nitrogen and oxygen atoms in total. The van der Waals surface area contributed by atoms with Crippen LogP contribution in [0.15, 0.2) is 115 Å². The van der Waals surface area contributed by atoms with Crippen LogP contribution < -0.4 is 19.7 Å². The van der Waals surface area contributed by atoms with Gasteiger partial charge in [-0.15, -0.1) is 0 Å². The molecular formula is C33H31BN3+. The molecule has 0 fully saturated rings. The summed E-state index contributed by atoms with van der Waals surface area (Å²) in [6, 6.07) is 39.3. The fourth-order valence-corrected chi connectivity index (χ4v) is 5.83. The minimum atomic E-state index is -0.0324. The molecule has 0 atom stereocenters. The Morgan fingerprint density at radius 1 is 0.622 bits per heavy atom. The molecule has 5 aromatic rings. The number of benzene rings is 4. The first-order chi connectivity index (χ1) is 18.1. The van der Waals surface area contributed by atoms with Crippen molar-refractivity contribution in [3.05, 3.63) is 127 Å². The molecule has 180 valence electrons. The third-order valence-electron chi connectivity index (χ3n) is 7.57. The van der Waals surface area contributed by atoms with Crippen molar-refractivity contribution in [3.8, 4) is 22.3 Å². The molecule has 0 unspecified atom stereocenters. The highest BCUT2D eigenvalue weighted by Gasteiger charge is 2.53. The molecule has 0 saturated carbocycles. The van der Waals surface area contributed by atoms with Gasteiger partial charge in [-0.3, -0.25) is 4.81 Å². The van der Waals surface area contributed by atoms with Crippen LogP contribution in [-0.2, 0) is 7.05 Å². The van der Waals surface area contributed by atoms with Crippen LogP contribution in [0, 0.1) is 13.8 Å². The monoisotopic (exact) mass is 480 g/mol. The molecule has 4 aromatic carbocycles. The van der Waals surface area contributed by atoms with Crippen molar-refractivity contribution in [1.82, 2.24) is 0 Å². The lowest BCUT2D eigenvalue weighted by Crippen LogP contribution is -2.56. The Hall–Kier alpha value is -4.31. The first-order valence-corrected chi connectivity index (χ1v) is 12.9. The Labute approximate surface area is 220 Å². The van der Waals surface area contributed by atoms with E-state index in [2.05, 4.69) is 158 Å². The van der Waals surface area contributed by atoms with Gasteiger partial charge in [0.15, 0.2) is 0 Å². The SMILES string of the molecule is Cc1ccccc1N1B(c2c(-c3ccccc3)cccc2-c2ccccc2)N(C)c2c(C)cc[n+](C)c21. The summed E-state index contributed by atoms with van der Waals surface area (Å²) in [5.74, 6) is 1.21. The fourth-order valence-electron chi connectivity index (χ4n) is 5.83. The zero-order valence-electron chi connectivity index (χ0n) is 21.9. The Balaban J connectivity index is 1.71. The molecule has 2 heterocycles. The number of anilines is 3. The van der Waals surface area contributed by atoms with E-state index in [1.807, 2.05) is 0 Å². The van der Waals surface area contributed by atoms with Crippen molar-refractivity contribution in [2.24, 2.45) is 7.05 Å². The minimum Gasteiger partial charge on any atom is -0.366 e. The second-order valence-electron chi connectivity index (χ2n) is 9.92. The summed E-state index contributed by atoms with van der Waals surface area (Å²) in [5, 5.41) is 0. The largest absolute Gasteiger partial charge is 0.538 e. The average molecular weight is 480 g/mol. The first kappa shape index (κ1) is 23.1. The van der Waals surface area contributed by atoms with Crippen LogP contribution in [0.25, 0.3) is 22.3 Å². The van der Waals surface area contributed by atoms with E-state index in [9.17, 15) is 0 Å². The number of aromatic nitrogens is 1. The van der Waals surface area contributed by atoms with Crippen molar-refractivity contribution < 1.29 is 4.57 Å². The predicted molar refractivity (Wildman–Crippen MR) is 157 cm³/mol. The van der Waals surface area contributed by atoms with E-state index in [-0.39, 0.29) is 6.98 Å². The summed E-state index contributed by atoms with van der Waals surface area (Å²) < 4.78 is 2.26. The lowest BCUT2D eigenvalue weighted by molar-refractivity contribution is -0.657. The molecular weight excluding hydrogens is 449 g/mol. The summed E-state index contributed by atoms with van der Waals surface area (Å²) in [4.78, 5) is 5.00. The van der Waals surface area contributed by atoms with Crippen LogP contribution in [0.5, 0.6) is 0 Å². The van der Waals surface area contributed by atoms with Gasteiger partial charge in [0.2, 0.25) is 0 Å². The summed E-state index contributed by atoms with van der Waals surface area (Å²) >= 11 is 0. The molecule has 0 spiro atoms. The van der Waals surface area contributed by atoms with Crippen LogP contribution in [0.3, 0.4) is 0 Å². The average Bonchev–Trinajstić information content (AvgIpc) is 3.25. The number of aryl methyl sites for hydroxylation is 3. The first-order valence-electron chi connectivity index (χ1n) is 12.9. The van der Waals surface area contributed by atoms with E-state index in [4.69, 9.17) is 0 Å². The minimum absolute atomic E-state index is 0.0324. The molecule has 0 bridgehead atoms. The molecule has 1 aromatic heterocycles. The maximum atomic E-state index is 2.53. The Morgan fingerprint density at radius 3 is 1.78 bits per heavy atom. The van der Waals surface area contributed by atoms with Crippen molar-refractivity contribution in [1.29, 1.82) is 0 Å². The van der Waals surface area contributed by atoms with Gasteiger partial charge in [-0.2, -0.15) is 0 Å². The zero-order valence-corrected chi connectivity index (χ0v) is 21.9. The van der Waals surface area contributed by atoms with Crippen molar-refractivity contribution in [2.45, 2.75) is 13.8 Å². The number of hydrogen-bond acceptors (Lipinski definition) is 2. The lowest BCUT2D eigenvalue weighted by atomic mass is 9.60. The van der Waals surface area contributed by atoms with Gasteiger partial charge >= 0.3 is 6.98 Å². The molecule has 37 heavy (non-hydrogen) atoms. The van der Waals surface area contributed by atoms with E-state index < -0.39 is 0 Å². The number of rotatable bonds is 4. The van der Waals surface area contributed by atoms with Crippen LogP contribution in [0.4, 0.5) is 17.2 Å². The fraction of sp³-hybridized carbons (Fsp3) is 0.121. The summed E-state index contributed by atoms with van der Waals surface area (Å²) in [5.41, 5.74) is 11.3. The Kier molecular flexibility index (Phi) is 5.80. The van der Waals surface area contributed by atoms with Gasteiger partial charge in [-0.1, -0.05) is 97.1 Å². The van der Waals surface area contributed by atoms with Gasteiger partial charge in [0.05, 0.1) is 13.2 Å². The molecule has 6 rings (SSSR count). The van der Waals surface area contributed by atoms with Crippen molar-refractivity contribution in [3.63, 3.8) is 0 Å². The third kappa shape index (κ3) is 3.81. The number of nitrogens with zero attached hydrogens (tertiary/aromatic N) is 3. The number of para-hydroxylation sites is 1. The second-order valence-corrected chi connectivity index (χ2v) is 9.92. The molecule has 0 N–H and O–H groups in total. The highest BCUT2D eigenvalue weighted by atomic mass is 15.3. The Morgan fingerprint density at radius 2 is 1.19 bits per heavy atom. The van der Waals surface area contributed by atoms with Crippen LogP contribution >= 0.6 is 0 Å². The number of pyridine rings is 1. The van der Waals surface area contributed by atoms with Gasteiger partial charge in [-0.05, 0) is 66.4 Å². The second kappa shape index (κ2) is 9.29. The Bertz CT molecular complexity index is 1520. The molecule has 0 saturated heterocycles. The van der Waals surface area contributed by atoms with E-state index in [0.717, 1.165) is 0 Å². The highest BCUT2D eigenvalue weighted by molar-refractivity contribution is 6.85. The van der Waals surface area contributed by atoms with Gasteiger partial charge in [0, 0.05) is 5.46 Å². The maximum Gasteiger partial charge on any atom is 0.538 e. The smallest absolute Gasteiger partial charge is 0.366 e. The molecule has 1 aliphatic rings. The van der Waals surface area contributed by atoms with Crippen LogP contribution in [-0.4, -0.2) is 14.0 Å². The van der Waals surface area contributed by atoms with E-state index >= 15 is 0 Å². The maximum absolute atomic E-state index is 2.53. The van der Waals surface area contributed by atoms with Crippen molar-refractivity contribution >= 4 is 29.6 Å². The van der Waals surface area contributed by atoms with Gasteiger partial charge in [0.1, 0.15) is 11.4 Å². The summed E-state index contributed by atoms with van der Waals surface area (Å²) in [7, 11) is 4.40. The van der Waals surface area contributed by atoms with E-state index in [1.54, 1.807) is 0 Å². The normalized spacial score (nSPS) is 12.7.